The first-order valence-electron chi connectivity index (χ1n) is 2.54. The van der Waals surface area contributed by atoms with Crippen molar-refractivity contribution in [3.8, 4) is 0 Å². The van der Waals surface area contributed by atoms with Crippen molar-refractivity contribution < 1.29 is 5.11 Å². The van der Waals surface area contributed by atoms with Gasteiger partial charge < -0.3 is 5.11 Å². The smallest absolute Gasteiger partial charge is 0.0624 e. The molecule has 4 nitrogen and oxygen atoms in total. The van der Waals surface area contributed by atoms with Crippen LogP contribution in [0.3, 0.4) is 0 Å². The van der Waals surface area contributed by atoms with Gasteiger partial charge in [-0.25, -0.2) is 0 Å². The molecule has 0 radical (unpaired) electrons. The lowest BCUT2D eigenvalue weighted by atomic mass is 10.6. The Morgan fingerprint density at radius 2 is 2.38 bits per heavy atom. The standard InChI is InChI=1S/C4H10N2O2/c1-2-6(5-8)3-4-7/h7H,2-4H2,1H3. The second kappa shape index (κ2) is 4.52. The predicted octanol–water partition coefficient (Wildman–Crippen LogP) is -0.0180. The number of rotatable bonds is 4. The average Bonchev–Trinajstić information content (AvgIpc) is 1.83. The molecule has 8 heavy (non-hydrogen) atoms. The Hall–Kier alpha value is -0.640. The maximum Gasteiger partial charge on any atom is 0.0624 e. The van der Waals surface area contributed by atoms with Crippen molar-refractivity contribution in [3.05, 3.63) is 4.91 Å². The van der Waals surface area contributed by atoms with Crippen LogP contribution in [0.2, 0.25) is 0 Å². The number of aliphatic hydroxyl groups excluding tert-OH is 1. The molecule has 0 aromatic carbocycles. The van der Waals surface area contributed by atoms with Crippen LogP contribution in [0.1, 0.15) is 6.92 Å². The fourth-order valence-corrected chi connectivity index (χ4v) is 0.372. The number of hydrogen-bond acceptors (Lipinski definition) is 3. The Labute approximate surface area is 48.1 Å². The summed E-state index contributed by atoms with van der Waals surface area (Å²) in [6, 6.07) is 0. The number of likely N-dealkylation sites (N-methyl/N-ethyl adjacent to an activating group) is 1. The van der Waals surface area contributed by atoms with E-state index in [2.05, 4.69) is 5.29 Å². The van der Waals surface area contributed by atoms with Crippen LogP contribution in [0.5, 0.6) is 0 Å². The highest BCUT2D eigenvalue weighted by molar-refractivity contribution is 4.43. The summed E-state index contributed by atoms with van der Waals surface area (Å²) in [4.78, 5) is 9.69. The van der Waals surface area contributed by atoms with Gasteiger partial charge >= 0.3 is 0 Å². The molecule has 0 aliphatic carbocycles. The van der Waals surface area contributed by atoms with Gasteiger partial charge in [0, 0.05) is 6.54 Å². The molecule has 0 aliphatic rings. The van der Waals surface area contributed by atoms with Gasteiger partial charge in [-0.3, -0.25) is 5.01 Å². The highest BCUT2D eigenvalue weighted by Crippen LogP contribution is 1.83. The SMILES string of the molecule is CCN(CCO)N=O. The minimum absolute atomic E-state index is 0.0143. The van der Waals surface area contributed by atoms with Gasteiger partial charge in [-0.15, -0.1) is 4.91 Å². The first kappa shape index (κ1) is 7.36. The summed E-state index contributed by atoms with van der Waals surface area (Å²) < 4.78 is 0. The Morgan fingerprint density at radius 3 is 2.50 bits per heavy atom. The van der Waals surface area contributed by atoms with E-state index in [0.29, 0.717) is 13.1 Å². The summed E-state index contributed by atoms with van der Waals surface area (Å²) >= 11 is 0. The first-order chi connectivity index (χ1) is 3.85. The van der Waals surface area contributed by atoms with E-state index >= 15 is 0 Å². The van der Waals surface area contributed by atoms with Crippen molar-refractivity contribution in [1.29, 1.82) is 0 Å². The molecule has 0 aromatic heterocycles. The van der Waals surface area contributed by atoms with Gasteiger partial charge in [-0.05, 0) is 6.92 Å². The van der Waals surface area contributed by atoms with E-state index in [0.717, 1.165) is 0 Å². The fourth-order valence-electron chi connectivity index (χ4n) is 0.372. The minimum Gasteiger partial charge on any atom is -0.394 e. The number of nitroso groups, excluding NO2 is 1. The van der Waals surface area contributed by atoms with Crippen LogP contribution < -0.4 is 0 Å². The molecular weight excluding hydrogens is 108 g/mol. The summed E-state index contributed by atoms with van der Waals surface area (Å²) in [6.45, 7) is 2.68. The first-order valence-corrected chi connectivity index (χ1v) is 2.54. The molecule has 0 bridgehead atoms. The highest BCUT2D eigenvalue weighted by atomic mass is 16.3. The minimum atomic E-state index is -0.0143. The molecule has 0 aliphatic heterocycles. The third-order valence-electron chi connectivity index (χ3n) is 0.839. The van der Waals surface area contributed by atoms with Crippen LogP contribution in [0.15, 0.2) is 5.29 Å². The van der Waals surface area contributed by atoms with Crippen LogP contribution in [0.25, 0.3) is 0 Å². The van der Waals surface area contributed by atoms with Gasteiger partial charge in [0.05, 0.1) is 18.4 Å². The molecule has 0 fully saturated rings. The van der Waals surface area contributed by atoms with Crippen molar-refractivity contribution >= 4 is 0 Å². The zero-order valence-corrected chi connectivity index (χ0v) is 4.87. The van der Waals surface area contributed by atoms with Gasteiger partial charge in [0.25, 0.3) is 0 Å². The van der Waals surface area contributed by atoms with Crippen molar-refractivity contribution in [2.75, 3.05) is 19.7 Å². The summed E-state index contributed by atoms with van der Waals surface area (Å²) in [7, 11) is 0. The molecule has 0 atom stereocenters. The van der Waals surface area contributed by atoms with E-state index in [1.165, 1.54) is 5.01 Å². The summed E-state index contributed by atoms with van der Waals surface area (Å²) in [5, 5.41) is 12.1. The van der Waals surface area contributed by atoms with Crippen LogP contribution >= 0.6 is 0 Å². The Balaban J connectivity index is 3.21. The largest absolute Gasteiger partial charge is 0.394 e. The number of hydrogen-bond donors (Lipinski definition) is 1. The molecular formula is C4H10N2O2. The van der Waals surface area contributed by atoms with E-state index in [-0.39, 0.29) is 6.61 Å². The van der Waals surface area contributed by atoms with Crippen LogP contribution in [-0.4, -0.2) is 29.8 Å². The Kier molecular flexibility index (Phi) is 4.16. The summed E-state index contributed by atoms with van der Waals surface area (Å²) in [5.74, 6) is 0. The summed E-state index contributed by atoms with van der Waals surface area (Å²) in [6.07, 6.45) is 0. The van der Waals surface area contributed by atoms with Gasteiger partial charge in [0.2, 0.25) is 0 Å². The van der Waals surface area contributed by atoms with E-state index in [9.17, 15) is 4.91 Å². The molecule has 0 heterocycles. The van der Waals surface area contributed by atoms with E-state index in [4.69, 9.17) is 5.11 Å². The zero-order chi connectivity index (χ0) is 6.41. The van der Waals surface area contributed by atoms with E-state index in [1.54, 1.807) is 6.92 Å². The maximum absolute atomic E-state index is 9.69. The molecule has 4 heteroatoms. The highest BCUT2D eigenvalue weighted by Gasteiger charge is 1.93. The van der Waals surface area contributed by atoms with Gasteiger partial charge in [-0.1, -0.05) is 0 Å². The molecule has 48 valence electrons. The van der Waals surface area contributed by atoms with E-state index < -0.39 is 0 Å². The molecule has 0 amide bonds. The molecule has 0 saturated carbocycles. The molecule has 0 spiro atoms. The number of nitrogens with zero attached hydrogens (tertiary/aromatic N) is 2. The van der Waals surface area contributed by atoms with Gasteiger partial charge in [0.1, 0.15) is 0 Å². The Morgan fingerprint density at radius 1 is 1.75 bits per heavy atom. The average molecular weight is 118 g/mol. The molecule has 0 rings (SSSR count). The Bertz CT molecular complexity index is 67.1. The zero-order valence-electron chi connectivity index (χ0n) is 4.87. The van der Waals surface area contributed by atoms with Crippen LogP contribution in [-0.2, 0) is 0 Å². The third kappa shape index (κ3) is 2.52. The maximum atomic E-state index is 9.69. The second-order valence-electron chi connectivity index (χ2n) is 1.35. The second-order valence-corrected chi connectivity index (χ2v) is 1.35. The third-order valence-corrected chi connectivity index (χ3v) is 0.839. The fraction of sp³-hybridized carbons (Fsp3) is 1.00. The quantitative estimate of drug-likeness (QED) is 0.417. The van der Waals surface area contributed by atoms with Crippen LogP contribution in [0.4, 0.5) is 0 Å². The van der Waals surface area contributed by atoms with Crippen molar-refractivity contribution in [2.45, 2.75) is 6.92 Å². The molecule has 1 N–H and O–H groups in total. The monoisotopic (exact) mass is 118 g/mol. The number of aliphatic hydroxyl groups is 1. The molecule has 0 saturated heterocycles. The molecule has 0 unspecified atom stereocenters. The lowest BCUT2D eigenvalue weighted by Gasteiger charge is -2.08. The summed E-state index contributed by atoms with van der Waals surface area (Å²) in [5.41, 5.74) is 0. The predicted molar refractivity (Wildman–Crippen MR) is 30.1 cm³/mol. The van der Waals surface area contributed by atoms with Crippen LogP contribution in [0, 0.1) is 4.91 Å². The topological polar surface area (TPSA) is 52.9 Å². The lowest BCUT2D eigenvalue weighted by Crippen LogP contribution is -2.19. The van der Waals surface area contributed by atoms with E-state index in [1.807, 2.05) is 0 Å². The van der Waals surface area contributed by atoms with Crippen molar-refractivity contribution in [1.82, 2.24) is 5.01 Å². The molecule has 0 aromatic rings. The van der Waals surface area contributed by atoms with Crippen molar-refractivity contribution in [3.63, 3.8) is 0 Å². The van der Waals surface area contributed by atoms with Gasteiger partial charge in [-0.2, -0.15) is 0 Å². The van der Waals surface area contributed by atoms with Crippen molar-refractivity contribution in [2.24, 2.45) is 5.29 Å². The van der Waals surface area contributed by atoms with Gasteiger partial charge in [0.15, 0.2) is 0 Å². The lowest BCUT2D eigenvalue weighted by molar-refractivity contribution is 0.205. The normalized spacial score (nSPS) is 8.75.